The molecule has 2 aliphatic heterocycles. The van der Waals surface area contributed by atoms with Gasteiger partial charge in [-0.15, -0.1) is 0 Å². The number of thiazole rings is 1. The van der Waals surface area contributed by atoms with E-state index in [4.69, 9.17) is 0 Å². The third-order valence-corrected chi connectivity index (χ3v) is 10.2. The summed E-state index contributed by atoms with van der Waals surface area (Å²) in [6.45, 7) is 1.64. The molecule has 3 aromatic carbocycles. The third-order valence-electron chi connectivity index (χ3n) is 7.08. The highest BCUT2D eigenvalue weighted by molar-refractivity contribution is 9.10. The Morgan fingerprint density at radius 1 is 0.975 bits per heavy atom. The number of fused-ring (bicyclic) bond motifs is 2. The first-order valence-corrected chi connectivity index (χ1v) is 14.9. The molecule has 1 N–H and O–H groups in total. The molecule has 11 heteroatoms. The van der Waals surface area contributed by atoms with Crippen LogP contribution in [0.25, 0.3) is 0 Å². The second-order valence-corrected chi connectivity index (χ2v) is 12.6. The first-order valence-electron chi connectivity index (χ1n) is 12.4. The van der Waals surface area contributed by atoms with E-state index >= 15 is 0 Å². The van der Waals surface area contributed by atoms with Crippen molar-refractivity contribution in [2.24, 2.45) is 5.92 Å². The Morgan fingerprint density at radius 3 is 2.38 bits per heavy atom. The molecule has 3 atom stereocenters. The normalized spacial score (nSPS) is 19.9. The van der Waals surface area contributed by atoms with Crippen molar-refractivity contribution in [2.45, 2.75) is 29.7 Å². The minimum absolute atomic E-state index is 0.236. The van der Waals surface area contributed by atoms with E-state index in [1.165, 1.54) is 28.8 Å². The van der Waals surface area contributed by atoms with Gasteiger partial charge in [-0.25, -0.2) is 9.29 Å². The first-order chi connectivity index (χ1) is 19.2. The first kappa shape index (κ1) is 26.7. The Bertz CT molecular complexity index is 1720. The van der Waals surface area contributed by atoms with Gasteiger partial charge in [-0.1, -0.05) is 69.4 Å². The van der Waals surface area contributed by atoms with Gasteiger partial charge < -0.3 is 5.32 Å². The third kappa shape index (κ3) is 4.61. The number of hydrogen-bond acceptors (Lipinski definition) is 6. The van der Waals surface area contributed by atoms with E-state index in [2.05, 4.69) is 21.2 Å². The number of rotatable bonds is 5. The van der Waals surface area contributed by atoms with Gasteiger partial charge in [-0.05, 0) is 60.5 Å². The van der Waals surface area contributed by atoms with Gasteiger partial charge >= 0.3 is 4.87 Å². The molecular weight excluding hydrogens is 617 g/mol. The minimum Gasteiger partial charge on any atom is -0.324 e. The van der Waals surface area contributed by atoms with Crippen molar-refractivity contribution in [2.75, 3.05) is 10.2 Å². The van der Waals surface area contributed by atoms with Crippen LogP contribution in [0.5, 0.6) is 0 Å². The van der Waals surface area contributed by atoms with Crippen LogP contribution in [0.3, 0.4) is 0 Å². The van der Waals surface area contributed by atoms with Crippen molar-refractivity contribution >= 4 is 68.1 Å². The number of aromatic nitrogens is 1. The molecule has 0 saturated carbocycles. The molecule has 1 saturated heterocycles. The van der Waals surface area contributed by atoms with Crippen molar-refractivity contribution in [3.8, 4) is 0 Å². The molecule has 1 fully saturated rings. The molecular formula is C29H21BrFN3O4S2. The Labute approximate surface area is 245 Å². The Balaban J connectivity index is 1.41. The van der Waals surface area contributed by atoms with E-state index in [1.807, 2.05) is 49.4 Å². The van der Waals surface area contributed by atoms with Gasteiger partial charge in [0.1, 0.15) is 17.6 Å². The van der Waals surface area contributed by atoms with E-state index in [0.717, 1.165) is 43.6 Å². The van der Waals surface area contributed by atoms with Crippen LogP contribution in [0, 0.1) is 18.7 Å². The topological polar surface area (TPSA) is 88.5 Å². The fourth-order valence-electron chi connectivity index (χ4n) is 5.18. The molecule has 202 valence electrons. The molecule has 3 amide bonds. The van der Waals surface area contributed by atoms with Crippen molar-refractivity contribution in [3.63, 3.8) is 0 Å². The maximum Gasteiger partial charge on any atom is 0.308 e. The van der Waals surface area contributed by atoms with Crippen molar-refractivity contribution < 1.29 is 18.8 Å². The van der Waals surface area contributed by atoms with Gasteiger partial charge in [-0.3, -0.25) is 23.7 Å². The summed E-state index contributed by atoms with van der Waals surface area (Å²) in [7, 11) is 0. The number of imide groups is 1. The van der Waals surface area contributed by atoms with E-state index in [0.29, 0.717) is 21.3 Å². The van der Waals surface area contributed by atoms with Gasteiger partial charge in [0.25, 0.3) is 0 Å². The van der Waals surface area contributed by atoms with Gasteiger partial charge in [0.15, 0.2) is 0 Å². The average molecular weight is 639 g/mol. The number of para-hydroxylation sites is 1. The summed E-state index contributed by atoms with van der Waals surface area (Å²) < 4.78 is 15.8. The number of nitrogens with one attached hydrogen (secondary N) is 1. The lowest BCUT2D eigenvalue weighted by Gasteiger charge is -2.30. The molecule has 0 radical (unpaired) electrons. The summed E-state index contributed by atoms with van der Waals surface area (Å²) in [6, 6.07) is 20.0. The van der Waals surface area contributed by atoms with Crippen molar-refractivity contribution in [1.82, 2.24) is 4.57 Å². The summed E-state index contributed by atoms with van der Waals surface area (Å²) in [5.41, 5.74) is 2.61. The van der Waals surface area contributed by atoms with Crippen LogP contribution in [0.4, 0.5) is 15.8 Å². The summed E-state index contributed by atoms with van der Waals surface area (Å²) in [5, 5.41) is 2.54. The van der Waals surface area contributed by atoms with E-state index in [9.17, 15) is 23.6 Å². The van der Waals surface area contributed by atoms with Gasteiger partial charge in [0, 0.05) is 21.0 Å². The molecule has 4 aromatic rings. The second-order valence-electron chi connectivity index (χ2n) is 9.57. The maximum absolute atomic E-state index is 13.8. The van der Waals surface area contributed by atoms with Crippen LogP contribution in [0.15, 0.2) is 87.1 Å². The Hall–Kier alpha value is -3.54. The zero-order valence-corrected chi connectivity index (χ0v) is 24.2. The predicted molar refractivity (Wildman–Crippen MR) is 156 cm³/mol. The van der Waals surface area contributed by atoms with Crippen molar-refractivity contribution in [1.29, 1.82) is 0 Å². The number of aryl methyl sites for hydroxylation is 1. The zero-order valence-electron chi connectivity index (χ0n) is 21.0. The Kier molecular flexibility index (Phi) is 6.97. The lowest BCUT2D eigenvalue weighted by Crippen LogP contribution is -2.33. The average Bonchev–Trinajstić information content (AvgIpc) is 3.37. The van der Waals surface area contributed by atoms with Crippen LogP contribution in [0.2, 0.25) is 0 Å². The van der Waals surface area contributed by atoms with Crippen LogP contribution in [-0.2, 0) is 20.9 Å². The fraction of sp³-hybridized carbons (Fsp3) is 0.172. The van der Waals surface area contributed by atoms with Crippen LogP contribution < -0.4 is 15.1 Å². The van der Waals surface area contributed by atoms with Crippen LogP contribution >= 0.6 is 39.0 Å². The summed E-state index contributed by atoms with van der Waals surface area (Å²) >= 11 is 5.57. The smallest absolute Gasteiger partial charge is 0.308 e. The number of nitrogens with zero attached hydrogens (tertiary/aromatic N) is 2. The summed E-state index contributed by atoms with van der Waals surface area (Å²) in [4.78, 5) is 55.3. The highest BCUT2D eigenvalue weighted by Crippen LogP contribution is 2.53. The minimum atomic E-state index is -0.821. The number of carbonyl (C=O) groups excluding carboxylic acids is 3. The molecule has 2 aliphatic rings. The molecule has 0 aliphatic carbocycles. The number of thioether (sulfide) groups is 1. The quantitative estimate of drug-likeness (QED) is 0.290. The molecule has 0 bridgehead atoms. The standard InChI is InChI=1S/C29H21BrFN3O4S2/c1-15-4-2-3-5-20(15)32-21(35)14-33-28-25(40-29(33)38)22(16-6-8-17(30)9-7-16)23-24(39-28)27(37)34(26(23)36)19-12-10-18(31)11-13-19/h2-13,22-24H,14H2,1H3,(H,32,35). The number of halogens is 2. The van der Waals surface area contributed by atoms with Crippen LogP contribution in [-0.4, -0.2) is 27.5 Å². The molecule has 6 rings (SSSR count). The maximum atomic E-state index is 13.8. The predicted octanol–water partition coefficient (Wildman–Crippen LogP) is 5.55. The van der Waals surface area contributed by atoms with E-state index in [-0.39, 0.29) is 17.3 Å². The van der Waals surface area contributed by atoms with E-state index in [1.54, 1.807) is 6.07 Å². The highest BCUT2D eigenvalue weighted by atomic mass is 79.9. The second kappa shape index (κ2) is 10.5. The van der Waals surface area contributed by atoms with Gasteiger partial charge in [-0.2, -0.15) is 0 Å². The molecule has 40 heavy (non-hydrogen) atoms. The molecule has 3 unspecified atom stereocenters. The molecule has 7 nitrogen and oxygen atoms in total. The SMILES string of the molecule is Cc1ccccc1NC(=O)Cn1c2c(sc1=O)C(c1ccc(Br)cc1)C1C(=O)N(c3ccc(F)cc3)C(=O)C1S2. The summed E-state index contributed by atoms with van der Waals surface area (Å²) in [5.74, 6) is -3.04. The largest absolute Gasteiger partial charge is 0.324 e. The number of anilines is 2. The van der Waals surface area contributed by atoms with Gasteiger partial charge in [0.2, 0.25) is 17.7 Å². The van der Waals surface area contributed by atoms with Crippen molar-refractivity contribution in [3.05, 3.63) is 109 Å². The fourth-order valence-corrected chi connectivity index (χ4v) is 8.21. The van der Waals surface area contributed by atoms with Crippen LogP contribution in [0.1, 0.15) is 21.9 Å². The monoisotopic (exact) mass is 637 g/mol. The van der Waals surface area contributed by atoms with E-state index < -0.39 is 34.7 Å². The molecule has 3 heterocycles. The number of carbonyl (C=O) groups is 3. The summed E-state index contributed by atoms with van der Waals surface area (Å²) in [6.07, 6.45) is 0. The zero-order chi connectivity index (χ0) is 28.1. The number of amides is 3. The van der Waals surface area contributed by atoms with Gasteiger partial charge in [0.05, 0.1) is 16.6 Å². The molecule has 0 spiro atoms. The number of benzene rings is 3. The highest BCUT2D eigenvalue weighted by Gasteiger charge is 2.56. The number of hydrogen-bond donors (Lipinski definition) is 1. The Morgan fingerprint density at radius 2 is 1.68 bits per heavy atom. The lowest BCUT2D eigenvalue weighted by molar-refractivity contribution is -0.122. The molecule has 1 aromatic heterocycles. The lowest BCUT2D eigenvalue weighted by atomic mass is 9.83.